The molecule has 0 aliphatic carbocycles. The number of carbonyl (C=O) groups is 1. The van der Waals surface area contributed by atoms with E-state index in [1.54, 1.807) is 6.07 Å². The third-order valence-corrected chi connectivity index (χ3v) is 5.25. The monoisotopic (exact) mass is 341 g/mol. The molecule has 3 aromatic rings. The molecule has 1 aliphatic rings. The molecule has 1 aliphatic heterocycles. The van der Waals surface area contributed by atoms with Crippen molar-refractivity contribution in [2.24, 2.45) is 7.05 Å². The van der Waals surface area contributed by atoms with E-state index in [0.717, 1.165) is 41.3 Å². The number of fused-ring (bicyclic) bond motifs is 1. The van der Waals surface area contributed by atoms with Gasteiger partial charge in [0, 0.05) is 13.6 Å². The van der Waals surface area contributed by atoms with Crippen LogP contribution in [0.5, 0.6) is 0 Å². The highest BCUT2D eigenvalue weighted by Gasteiger charge is 2.34. The van der Waals surface area contributed by atoms with E-state index in [4.69, 9.17) is 9.40 Å². The Morgan fingerprint density at radius 1 is 1.29 bits per heavy atom. The quantitative estimate of drug-likeness (QED) is 0.679. The molecule has 0 N–H and O–H groups in total. The minimum Gasteiger partial charge on any atom is -0.445 e. The van der Waals surface area contributed by atoms with Crippen molar-refractivity contribution in [1.82, 2.24) is 14.5 Å². The molecule has 1 aromatic carbocycles. The number of furan rings is 1. The Bertz CT molecular complexity index is 899. The molecule has 0 unspecified atom stereocenters. The number of likely N-dealkylation sites (tertiary alicyclic amines) is 1. The van der Waals surface area contributed by atoms with Crippen molar-refractivity contribution in [1.29, 1.82) is 0 Å². The number of aromatic nitrogens is 2. The first kappa shape index (κ1) is 15.3. The fraction of sp³-hybridized carbons (Fsp3) is 0.333. The van der Waals surface area contributed by atoms with Gasteiger partial charge in [0.2, 0.25) is 0 Å². The van der Waals surface area contributed by atoms with Gasteiger partial charge in [0.05, 0.1) is 17.1 Å². The Balaban J connectivity index is 1.69. The number of para-hydroxylation sites is 2. The summed E-state index contributed by atoms with van der Waals surface area (Å²) in [6.07, 6.45) is 3.85. The molecular formula is C18H19N3O2S. The Labute approximate surface area is 144 Å². The summed E-state index contributed by atoms with van der Waals surface area (Å²) in [4.78, 5) is 19.5. The van der Waals surface area contributed by atoms with Crippen LogP contribution in [0.25, 0.3) is 11.0 Å². The van der Waals surface area contributed by atoms with Crippen molar-refractivity contribution in [3.05, 3.63) is 48.0 Å². The predicted molar refractivity (Wildman–Crippen MR) is 94.2 cm³/mol. The average molecular weight is 341 g/mol. The van der Waals surface area contributed by atoms with E-state index in [-0.39, 0.29) is 11.9 Å². The number of benzene rings is 1. The van der Waals surface area contributed by atoms with E-state index in [0.29, 0.717) is 5.76 Å². The second-order valence-corrected chi connectivity index (χ2v) is 6.81. The normalized spacial score (nSPS) is 17.8. The highest BCUT2D eigenvalue weighted by atomic mass is 32.2. The van der Waals surface area contributed by atoms with Gasteiger partial charge in [-0.1, -0.05) is 23.9 Å². The first-order chi connectivity index (χ1) is 11.7. The van der Waals surface area contributed by atoms with Gasteiger partial charge in [-0.3, -0.25) is 4.79 Å². The number of thioether (sulfide) groups is 1. The molecule has 4 rings (SSSR count). The number of rotatable bonds is 3. The van der Waals surface area contributed by atoms with Crippen molar-refractivity contribution < 1.29 is 9.21 Å². The Morgan fingerprint density at radius 2 is 2.12 bits per heavy atom. The van der Waals surface area contributed by atoms with Gasteiger partial charge in [0.25, 0.3) is 5.91 Å². The lowest BCUT2D eigenvalue weighted by atomic mass is 10.2. The maximum atomic E-state index is 12.9. The number of hydrogen-bond acceptors (Lipinski definition) is 4. The zero-order valence-corrected chi connectivity index (χ0v) is 14.5. The van der Waals surface area contributed by atoms with Crippen LogP contribution in [-0.2, 0) is 7.05 Å². The van der Waals surface area contributed by atoms with E-state index in [2.05, 4.69) is 10.6 Å². The third-order valence-electron chi connectivity index (χ3n) is 4.63. The average Bonchev–Trinajstić information content (AvgIpc) is 3.33. The van der Waals surface area contributed by atoms with Gasteiger partial charge < -0.3 is 13.9 Å². The van der Waals surface area contributed by atoms with Crippen molar-refractivity contribution in [2.45, 2.75) is 24.0 Å². The number of aryl methyl sites for hydroxylation is 1. The molecule has 1 saturated heterocycles. The summed E-state index contributed by atoms with van der Waals surface area (Å²) in [5, 5.41) is 0.761. The van der Waals surface area contributed by atoms with Gasteiger partial charge in [-0.25, -0.2) is 4.98 Å². The van der Waals surface area contributed by atoms with Crippen LogP contribution in [0.2, 0.25) is 0 Å². The minimum atomic E-state index is -0.0511. The van der Waals surface area contributed by atoms with Crippen molar-refractivity contribution in [2.75, 3.05) is 12.8 Å². The second kappa shape index (κ2) is 6.02. The molecule has 0 radical (unpaired) electrons. The minimum absolute atomic E-state index is 0.00210. The highest BCUT2D eigenvalue weighted by Crippen LogP contribution is 2.34. The summed E-state index contributed by atoms with van der Waals surface area (Å²) in [6.45, 7) is 0.738. The fourth-order valence-corrected chi connectivity index (χ4v) is 3.80. The SMILES string of the molecule is CSc1ccc(C(=O)N2CCC[C@H]2c2nc3ccccc3n2C)o1. The number of amides is 1. The van der Waals surface area contributed by atoms with Gasteiger partial charge in [-0.05, 0) is 43.4 Å². The lowest BCUT2D eigenvalue weighted by Gasteiger charge is -2.23. The summed E-state index contributed by atoms with van der Waals surface area (Å²) < 4.78 is 7.72. The van der Waals surface area contributed by atoms with Crippen LogP contribution in [0, 0.1) is 0 Å². The van der Waals surface area contributed by atoms with Gasteiger partial charge >= 0.3 is 0 Å². The van der Waals surface area contributed by atoms with Crippen molar-refractivity contribution in [3.8, 4) is 0 Å². The van der Waals surface area contributed by atoms with Gasteiger partial charge in [-0.15, -0.1) is 0 Å². The smallest absolute Gasteiger partial charge is 0.290 e. The van der Waals surface area contributed by atoms with E-state index in [1.807, 2.05) is 42.5 Å². The van der Waals surface area contributed by atoms with E-state index < -0.39 is 0 Å². The lowest BCUT2D eigenvalue weighted by Crippen LogP contribution is -2.31. The molecule has 0 bridgehead atoms. The number of nitrogens with zero attached hydrogens (tertiary/aromatic N) is 3. The van der Waals surface area contributed by atoms with Gasteiger partial charge in [0.15, 0.2) is 10.9 Å². The van der Waals surface area contributed by atoms with Gasteiger partial charge in [-0.2, -0.15) is 0 Å². The van der Waals surface area contributed by atoms with E-state index in [1.165, 1.54) is 11.8 Å². The molecule has 1 atom stereocenters. The number of hydrogen-bond donors (Lipinski definition) is 0. The first-order valence-corrected chi connectivity index (χ1v) is 9.27. The maximum Gasteiger partial charge on any atom is 0.290 e. The second-order valence-electron chi connectivity index (χ2n) is 6.00. The van der Waals surface area contributed by atoms with Crippen LogP contribution >= 0.6 is 11.8 Å². The lowest BCUT2D eigenvalue weighted by molar-refractivity contribution is 0.0690. The van der Waals surface area contributed by atoms with E-state index in [9.17, 15) is 4.79 Å². The van der Waals surface area contributed by atoms with Crippen LogP contribution in [0.15, 0.2) is 45.9 Å². The maximum absolute atomic E-state index is 12.9. The van der Waals surface area contributed by atoms with Crippen LogP contribution in [0.1, 0.15) is 35.3 Å². The number of imidazole rings is 1. The van der Waals surface area contributed by atoms with Crippen LogP contribution in [-0.4, -0.2) is 33.2 Å². The highest BCUT2D eigenvalue weighted by molar-refractivity contribution is 7.98. The molecule has 24 heavy (non-hydrogen) atoms. The standard InChI is InChI=1S/C18H19N3O2S/c1-20-13-7-4-3-6-12(13)19-17(20)14-8-5-11-21(14)18(22)15-9-10-16(23-15)24-2/h3-4,6-7,9-10,14H,5,8,11H2,1-2H3/t14-/m0/s1. The predicted octanol–water partition coefficient (Wildman–Crippen LogP) is 3.87. The third kappa shape index (κ3) is 2.41. The molecule has 124 valence electrons. The zero-order chi connectivity index (χ0) is 16.7. The largest absolute Gasteiger partial charge is 0.445 e. The molecule has 1 amide bonds. The molecule has 0 spiro atoms. The molecule has 2 aromatic heterocycles. The van der Waals surface area contributed by atoms with Crippen molar-refractivity contribution in [3.63, 3.8) is 0 Å². The Morgan fingerprint density at radius 3 is 2.88 bits per heavy atom. The summed E-state index contributed by atoms with van der Waals surface area (Å²) in [6, 6.07) is 11.7. The van der Waals surface area contributed by atoms with Crippen LogP contribution in [0.4, 0.5) is 0 Å². The van der Waals surface area contributed by atoms with Crippen LogP contribution in [0.3, 0.4) is 0 Å². The van der Waals surface area contributed by atoms with Crippen LogP contribution < -0.4 is 0 Å². The summed E-state index contributed by atoms with van der Waals surface area (Å²) in [7, 11) is 2.02. The first-order valence-electron chi connectivity index (χ1n) is 8.05. The molecular weight excluding hydrogens is 322 g/mol. The summed E-state index contributed by atoms with van der Waals surface area (Å²) >= 11 is 1.50. The zero-order valence-electron chi connectivity index (χ0n) is 13.7. The summed E-state index contributed by atoms with van der Waals surface area (Å²) in [5.41, 5.74) is 2.06. The fourth-order valence-electron chi connectivity index (χ4n) is 3.43. The molecule has 0 saturated carbocycles. The molecule has 6 heteroatoms. The number of carbonyl (C=O) groups excluding carboxylic acids is 1. The van der Waals surface area contributed by atoms with Crippen molar-refractivity contribution >= 4 is 28.7 Å². The Kier molecular flexibility index (Phi) is 3.84. The molecule has 3 heterocycles. The van der Waals surface area contributed by atoms with Gasteiger partial charge in [0.1, 0.15) is 5.82 Å². The topological polar surface area (TPSA) is 51.3 Å². The summed E-state index contributed by atoms with van der Waals surface area (Å²) in [5.74, 6) is 1.30. The molecule has 5 nitrogen and oxygen atoms in total. The Hall–Kier alpha value is -2.21. The molecule has 1 fully saturated rings. The van der Waals surface area contributed by atoms with E-state index >= 15 is 0 Å².